The second kappa shape index (κ2) is 9.85. The molecule has 2 nitrogen and oxygen atoms in total. The van der Waals surface area contributed by atoms with Gasteiger partial charge >= 0.3 is 0 Å². The highest BCUT2D eigenvalue weighted by molar-refractivity contribution is 5.90. The van der Waals surface area contributed by atoms with Crippen LogP contribution in [0.2, 0.25) is 0 Å². The number of methoxy groups -OCH3 is 1. The molecule has 2 aliphatic rings. The number of hydrogen-bond donors (Lipinski definition) is 0. The Morgan fingerprint density at radius 2 is 1.47 bits per heavy atom. The van der Waals surface area contributed by atoms with E-state index in [1.54, 1.807) is 7.11 Å². The van der Waals surface area contributed by atoms with E-state index in [0.29, 0.717) is 18.1 Å². The molecule has 2 heteroatoms. The quantitative estimate of drug-likeness (QED) is 0.378. The first-order valence-electron chi connectivity index (χ1n) is 12.4. The maximum atomic E-state index is 13.8. The summed E-state index contributed by atoms with van der Waals surface area (Å²) in [6.45, 7) is 2.24. The molecule has 34 heavy (non-hydrogen) atoms. The predicted molar refractivity (Wildman–Crippen MR) is 139 cm³/mol. The third-order valence-corrected chi connectivity index (χ3v) is 7.51. The number of rotatable bonds is 7. The van der Waals surface area contributed by atoms with Crippen molar-refractivity contribution in [1.82, 2.24) is 0 Å². The molecule has 0 N–H and O–H groups in total. The molecule has 0 amide bonds. The lowest BCUT2D eigenvalue weighted by molar-refractivity contribution is -0.119. The smallest absolute Gasteiger partial charge is 0.145 e. The Hall–Kier alpha value is -3.39. The first-order valence-corrected chi connectivity index (χ1v) is 12.4. The minimum absolute atomic E-state index is 0.161. The molecule has 0 spiro atoms. The number of carbonyl (C=O) groups is 1. The van der Waals surface area contributed by atoms with E-state index in [2.05, 4.69) is 79.7 Å². The van der Waals surface area contributed by atoms with Gasteiger partial charge in [0, 0.05) is 12.3 Å². The third kappa shape index (κ3) is 4.25. The van der Waals surface area contributed by atoms with Crippen molar-refractivity contribution in [3.8, 4) is 5.75 Å². The molecule has 3 aromatic rings. The monoisotopic (exact) mass is 448 g/mol. The lowest BCUT2D eigenvalue weighted by atomic mass is 9.81. The van der Waals surface area contributed by atoms with E-state index < -0.39 is 0 Å². The van der Waals surface area contributed by atoms with E-state index >= 15 is 0 Å². The molecule has 0 saturated carbocycles. The van der Waals surface area contributed by atoms with Gasteiger partial charge in [0.1, 0.15) is 11.5 Å². The number of carbonyl (C=O) groups excluding carboxylic acids is 1. The summed E-state index contributed by atoms with van der Waals surface area (Å²) in [5.74, 6) is 1.41. The van der Waals surface area contributed by atoms with Crippen LogP contribution in [-0.4, -0.2) is 12.9 Å². The van der Waals surface area contributed by atoms with E-state index in [9.17, 15) is 4.79 Å². The van der Waals surface area contributed by atoms with Gasteiger partial charge in [-0.15, -0.1) is 0 Å². The minimum Gasteiger partial charge on any atom is -0.497 e. The van der Waals surface area contributed by atoms with E-state index in [1.807, 2.05) is 12.1 Å². The van der Waals surface area contributed by atoms with Gasteiger partial charge in [-0.2, -0.15) is 0 Å². The molecule has 1 atom stereocenters. The highest BCUT2D eigenvalue weighted by Gasteiger charge is 2.30. The Labute approximate surface area is 203 Å². The van der Waals surface area contributed by atoms with E-state index in [0.717, 1.165) is 31.4 Å². The van der Waals surface area contributed by atoms with Gasteiger partial charge in [-0.05, 0) is 71.2 Å². The van der Waals surface area contributed by atoms with E-state index in [1.165, 1.54) is 39.0 Å². The zero-order valence-electron chi connectivity index (χ0n) is 20.1. The van der Waals surface area contributed by atoms with Crippen molar-refractivity contribution in [2.24, 2.45) is 5.92 Å². The van der Waals surface area contributed by atoms with Gasteiger partial charge < -0.3 is 4.74 Å². The molecule has 0 aromatic heterocycles. The Morgan fingerprint density at radius 1 is 0.853 bits per heavy atom. The van der Waals surface area contributed by atoms with Crippen molar-refractivity contribution in [1.29, 1.82) is 0 Å². The number of aryl methyl sites for hydroxylation is 2. The third-order valence-electron chi connectivity index (χ3n) is 7.51. The fourth-order valence-corrected chi connectivity index (χ4v) is 5.73. The predicted octanol–water partition coefficient (Wildman–Crippen LogP) is 7.32. The summed E-state index contributed by atoms with van der Waals surface area (Å²) in [7, 11) is 1.69. The number of Topliss-reactive ketones (excluding diaryl/α,β-unsaturated/α-hetero) is 1. The van der Waals surface area contributed by atoms with Crippen molar-refractivity contribution in [3.05, 3.63) is 118 Å². The molecule has 0 bridgehead atoms. The number of fused-ring (bicyclic) bond motifs is 2. The first kappa shape index (κ1) is 22.4. The van der Waals surface area contributed by atoms with Crippen LogP contribution in [0.1, 0.15) is 59.9 Å². The Kier molecular flexibility index (Phi) is 6.49. The van der Waals surface area contributed by atoms with Crippen LogP contribution in [0.5, 0.6) is 5.75 Å². The highest BCUT2D eigenvalue weighted by Crippen LogP contribution is 2.41. The Morgan fingerprint density at radius 3 is 2.06 bits per heavy atom. The standard InChI is InChI=1S/C32H32O2/c1-3-27-24(16-20-28(27)25-14-18-26(34-2)19-15-25)17-21-31(33)32-29-10-6-4-8-22(29)12-13-23-9-5-7-11-30(23)32/h4-11,14-16,18-20,27,32H,3,12-13,17,21H2,1-2H3. The van der Waals surface area contributed by atoms with Crippen LogP contribution in [-0.2, 0) is 17.6 Å². The maximum absolute atomic E-state index is 13.8. The molecule has 0 aliphatic heterocycles. The van der Waals surface area contributed by atoms with Crippen LogP contribution in [0.3, 0.4) is 0 Å². The van der Waals surface area contributed by atoms with Gasteiger partial charge in [0.2, 0.25) is 0 Å². The van der Waals surface area contributed by atoms with Crippen LogP contribution in [0.15, 0.2) is 90.5 Å². The molecular formula is C32H32O2. The molecule has 0 radical (unpaired) electrons. The number of allylic oxidation sites excluding steroid dienone is 4. The first-order chi connectivity index (χ1) is 16.7. The van der Waals surface area contributed by atoms with Gasteiger partial charge in [0.25, 0.3) is 0 Å². The van der Waals surface area contributed by atoms with E-state index in [-0.39, 0.29) is 5.92 Å². The van der Waals surface area contributed by atoms with Gasteiger partial charge in [0.05, 0.1) is 13.0 Å². The lowest BCUT2D eigenvalue weighted by Crippen LogP contribution is -2.16. The minimum atomic E-state index is -0.161. The van der Waals surface area contributed by atoms with Crippen molar-refractivity contribution < 1.29 is 9.53 Å². The van der Waals surface area contributed by atoms with Crippen LogP contribution < -0.4 is 4.74 Å². The summed E-state index contributed by atoms with van der Waals surface area (Å²) in [6, 6.07) is 25.4. The molecule has 172 valence electrons. The molecule has 1 unspecified atom stereocenters. The molecule has 0 fully saturated rings. The average Bonchev–Trinajstić information content (AvgIpc) is 3.22. The summed E-state index contributed by atoms with van der Waals surface area (Å²) in [4.78, 5) is 13.8. The Bertz CT molecular complexity index is 1200. The van der Waals surface area contributed by atoms with Crippen LogP contribution in [0.25, 0.3) is 5.57 Å². The van der Waals surface area contributed by atoms with Crippen LogP contribution in [0, 0.1) is 5.92 Å². The zero-order valence-corrected chi connectivity index (χ0v) is 20.1. The second-order valence-corrected chi connectivity index (χ2v) is 9.35. The van der Waals surface area contributed by atoms with Gasteiger partial charge in [-0.1, -0.05) is 85.3 Å². The number of hydrogen-bond acceptors (Lipinski definition) is 2. The highest BCUT2D eigenvalue weighted by atomic mass is 16.5. The van der Waals surface area contributed by atoms with Gasteiger partial charge in [0.15, 0.2) is 0 Å². The largest absolute Gasteiger partial charge is 0.497 e. The Balaban J connectivity index is 1.35. The summed E-state index contributed by atoms with van der Waals surface area (Å²) in [5.41, 5.74) is 8.97. The second-order valence-electron chi connectivity index (χ2n) is 9.35. The van der Waals surface area contributed by atoms with Crippen molar-refractivity contribution in [2.45, 2.75) is 44.9 Å². The average molecular weight is 449 g/mol. The molecule has 3 aromatic carbocycles. The fourth-order valence-electron chi connectivity index (χ4n) is 5.73. The number of benzene rings is 3. The van der Waals surface area contributed by atoms with Crippen LogP contribution >= 0.6 is 0 Å². The molecule has 2 aliphatic carbocycles. The summed E-state index contributed by atoms with van der Waals surface area (Å²) < 4.78 is 5.32. The summed E-state index contributed by atoms with van der Waals surface area (Å²) >= 11 is 0. The SMILES string of the molecule is CCC1C(CCC(=O)C2c3ccccc3CCc3ccccc32)=CC=C1c1ccc(OC)cc1. The topological polar surface area (TPSA) is 26.3 Å². The van der Waals surface area contributed by atoms with E-state index in [4.69, 9.17) is 4.74 Å². The molecule has 0 saturated heterocycles. The normalized spacial score (nSPS) is 17.3. The zero-order chi connectivity index (χ0) is 23.5. The van der Waals surface area contributed by atoms with Gasteiger partial charge in [-0.3, -0.25) is 4.79 Å². The summed E-state index contributed by atoms with van der Waals surface area (Å²) in [5, 5.41) is 0. The number of ketones is 1. The lowest BCUT2D eigenvalue weighted by Gasteiger charge is -2.21. The van der Waals surface area contributed by atoms with Crippen molar-refractivity contribution >= 4 is 11.4 Å². The van der Waals surface area contributed by atoms with Crippen molar-refractivity contribution in [3.63, 3.8) is 0 Å². The van der Waals surface area contributed by atoms with Gasteiger partial charge in [-0.25, -0.2) is 0 Å². The molecule has 5 rings (SSSR count). The van der Waals surface area contributed by atoms with Crippen LogP contribution in [0.4, 0.5) is 0 Å². The number of ether oxygens (including phenoxy) is 1. The molecule has 0 heterocycles. The fraction of sp³-hybridized carbons (Fsp3) is 0.281. The van der Waals surface area contributed by atoms with Crippen molar-refractivity contribution in [2.75, 3.05) is 7.11 Å². The summed E-state index contributed by atoms with van der Waals surface area (Å²) in [6.07, 6.45) is 8.90. The maximum Gasteiger partial charge on any atom is 0.145 e. The molecular weight excluding hydrogens is 416 g/mol.